The molecule has 0 aromatic rings. The lowest BCUT2D eigenvalue weighted by Crippen LogP contribution is -2.43. The van der Waals surface area contributed by atoms with Crippen LogP contribution in [0.3, 0.4) is 0 Å². The van der Waals surface area contributed by atoms with Crippen molar-refractivity contribution in [3.05, 3.63) is 0 Å². The highest BCUT2D eigenvalue weighted by Crippen LogP contribution is 1.91. The van der Waals surface area contributed by atoms with E-state index in [9.17, 15) is 38.4 Å². The van der Waals surface area contributed by atoms with Crippen LogP contribution in [0, 0.1) is 0 Å². The van der Waals surface area contributed by atoms with Crippen LogP contribution in [0.5, 0.6) is 0 Å². The van der Waals surface area contributed by atoms with Crippen molar-refractivity contribution in [2.24, 2.45) is 5.73 Å². The van der Waals surface area contributed by atoms with Crippen LogP contribution in [0.25, 0.3) is 0 Å². The third kappa shape index (κ3) is 17.5. The minimum absolute atomic E-state index is 0.143. The highest BCUT2D eigenvalue weighted by molar-refractivity contribution is 5.92. The average Bonchev–Trinajstić information content (AvgIpc) is 2.78. The number of Topliss-reactive ketones (excluding diaryl/α,β-unsaturated/α-hetero) is 2. The number of amides is 5. The highest BCUT2D eigenvalue weighted by Gasteiger charge is 2.12. The van der Waals surface area contributed by atoms with Crippen LogP contribution in [0.4, 0.5) is 0 Å². The molecule has 15 nitrogen and oxygen atoms in total. The van der Waals surface area contributed by atoms with Gasteiger partial charge in [0, 0.05) is 25.7 Å². The molecular weight excluding hydrogens is 444 g/mol. The van der Waals surface area contributed by atoms with Crippen LogP contribution < -0.4 is 32.3 Å². The zero-order valence-electron chi connectivity index (χ0n) is 17.9. The number of ketones is 2. The lowest BCUT2D eigenvalue weighted by atomic mass is 10.2. The van der Waals surface area contributed by atoms with Gasteiger partial charge in [-0.05, 0) is 0 Å². The van der Waals surface area contributed by atoms with Gasteiger partial charge in [-0.3, -0.25) is 38.4 Å². The van der Waals surface area contributed by atoms with E-state index in [1.165, 1.54) is 0 Å². The van der Waals surface area contributed by atoms with E-state index in [1.54, 1.807) is 0 Å². The molecule has 0 unspecified atom stereocenters. The first kappa shape index (κ1) is 29.1. The lowest BCUT2D eigenvalue weighted by molar-refractivity contribution is -0.138. The van der Waals surface area contributed by atoms with Crippen LogP contribution in [0.1, 0.15) is 25.7 Å². The van der Waals surface area contributed by atoms with Crippen molar-refractivity contribution in [2.45, 2.75) is 25.7 Å². The standard InChI is InChI=1S/C18H28N6O9/c19-5-15(29)20-6-11(25)1-3-13(27)22-8-17(31)23-9-16(30)21-7-12(26)2-4-14(28)24-10-18(32)33/h1-10,19H2,(H,20,29)(H,21,30)(H,22,27)(H,23,31)(H,24,28)(H,32,33). The van der Waals surface area contributed by atoms with Gasteiger partial charge in [-0.2, -0.15) is 0 Å². The molecule has 0 spiro atoms. The monoisotopic (exact) mass is 472 g/mol. The minimum Gasteiger partial charge on any atom is -0.480 e. The van der Waals surface area contributed by atoms with Gasteiger partial charge in [0.1, 0.15) is 6.54 Å². The van der Waals surface area contributed by atoms with E-state index < -0.39 is 60.9 Å². The van der Waals surface area contributed by atoms with E-state index in [0.717, 1.165) is 0 Å². The molecule has 8 N–H and O–H groups in total. The molecule has 0 aromatic heterocycles. The van der Waals surface area contributed by atoms with Crippen LogP contribution in [-0.4, -0.2) is 91.4 Å². The molecule has 15 heteroatoms. The Morgan fingerprint density at radius 1 is 0.485 bits per heavy atom. The maximum Gasteiger partial charge on any atom is 0.322 e. The number of nitrogens with one attached hydrogen (secondary N) is 5. The van der Waals surface area contributed by atoms with Crippen LogP contribution in [0.2, 0.25) is 0 Å². The SMILES string of the molecule is NCC(=O)NCC(=O)CCC(=O)NCC(=O)NCC(=O)NCC(=O)CCC(=O)NCC(=O)O. The van der Waals surface area contributed by atoms with Crippen LogP contribution in [0.15, 0.2) is 0 Å². The molecular formula is C18H28N6O9. The predicted molar refractivity (Wildman–Crippen MR) is 110 cm³/mol. The molecule has 0 atom stereocenters. The molecule has 0 bridgehead atoms. The fourth-order valence-corrected chi connectivity index (χ4v) is 1.98. The summed E-state index contributed by atoms with van der Waals surface area (Å²) in [5.74, 6) is -5.12. The van der Waals surface area contributed by atoms with Crippen molar-refractivity contribution < 1.29 is 43.5 Å². The summed E-state index contributed by atoms with van der Waals surface area (Å²) >= 11 is 0. The first-order valence-corrected chi connectivity index (χ1v) is 9.82. The Hall–Kier alpha value is -3.88. The fourth-order valence-electron chi connectivity index (χ4n) is 1.98. The molecule has 33 heavy (non-hydrogen) atoms. The molecule has 184 valence electrons. The first-order valence-electron chi connectivity index (χ1n) is 9.82. The van der Waals surface area contributed by atoms with E-state index in [1.807, 2.05) is 0 Å². The second-order valence-corrected chi connectivity index (χ2v) is 6.56. The molecule has 5 amide bonds. The van der Waals surface area contributed by atoms with Crippen LogP contribution >= 0.6 is 0 Å². The van der Waals surface area contributed by atoms with Gasteiger partial charge in [0.25, 0.3) is 0 Å². The van der Waals surface area contributed by atoms with Gasteiger partial charge in [-0.15, -0.1) is 0 Å². The van der Waals surface area contributed by atoms with Gasteiger partial charge in [0.15, 0.2) is 11.6 Å². The second-order valence-electron chi connectivity index (χ2n) is 6.56. The Morgan fingerprint density at radius 2 is 0.848 bits per heavy atom. The van der Waals surface area contributed by atoms with Gasteiger partial charge in [0.05, 0.1) is 32.7 Å². The van der Waals surface area contributed by atoms with E-state index in [-0.39, 0.29) is 51.1 Å². The molecule has 0 heterocycles. The summed E-state index contributed by atoms with van der Waals surface area (Å²) < 4.78 is 0. The average molecular weight is 472 g/mol. The van der Waals surface area contributed by atoms with Crippen molar-refractivity contribution in [3.8, 4) is 0 Å². The summed E-state index contributed by atoms with van der Waals surface area (Å²) in [5.41, 5.74) is 5.07. The van der Waals surface area contributed by atoms with Gasteiger partial charge < -0.3 is 37.4 Å². The Balaban J connectivity index is 3.90. The number of aliphatic carboxylic acids is 1. The molecule has 0 saturated heterocycles. The van der Waals surface area contributed by atoms with E-state index in [2.05, 4.69) is 26.6 Å². The molecule has 0 radical (unpaired) electrons. The van der Waals surface area contributed by atoms with Crippen molar-refractivity contribution in [1.29, 1.82) is 0 Å². The molecule has 0 fully saturated rings. The third-order valence-corrected chi connectivity index (χ3v) is 3.74. The summed E-state index contributed by atoms with van der Waals surface area (Å²) in [7, 11) is 0. The number of nitrogens with two attached hydrogens (primary N) is 1. The third-order valence-electron chi connectivity index (χ3n) is 3.74. The maximum absolute atomic E-state index is 11.6. The number of carboxylic acids is 1. The Bertz CT molecular complexity index is 769. The molecule has 0 aliphatic heterocycles. The van der Waals surface area contributed by atoms with Crippen molar-refractivity contribution in [3.63, 3.8) is 0 Å². The Morgan fingerprint density at radius 3 is 1.27 bits per heavy atom. The van der Waals surface area contributed by atoms with Gasteiger partial charge in [0.2, 0.25) is 29.5 Å². The zero-order chi connectivity index (χ0) is 25.2. The molecule has 0 aliphatic carbocycles. The highest BCUT2D eigenvalue weighted by atomic mass is 16.4. The number of hydrogen-bond acceptors (Lipinski definition) is 9. The van der Waals surface area contributed by atoms with Crippen molar-refractivity contribution in [1.82, 2.24) is 26.6 Å². The largest absolute Gasteiger partial charge is 0.480 e. The summed E-state index contributed by atoms with van der Waals surface area (Å²) in [4.78, 5) is 90.5. The van der Waals surface area contributed by atoms with Gasteiger partial charge in [-0.25, -0.2) is 0 Å². The van der Waals surface area contributed by atoms with E-state index >= 15 is 0 Å². The smallest absolute Gasteiger partial charge is 0.322 e. The number of carboxylic acid groups (broad SMARTS) is 1. The number of rotatable bonds is 17. The maximum atomic E-state index is 11.6. The number of carbonyl (C=O) groups excluding carboxylic acids is 7. The molecule has 0 aromatic carbocycles. The summed E-state index contributed by atoms with van der Waals surface area (Å²) in [6, 6.07) is 0. The number of carbonyl (C=O) groups is 8. The Labute approximate surface area is 188 Å². The summed E-state index contributed by atoms with van der Waals surface area (Å²) in [6.07, 6.45) is -0.768. The topological polar surface area (TPSA) is 243 Å². The molecule has 0 rings (SSSR count). The van der Waals surface area contributed by atoms with Gasteiger partial charge in [-0.1, -0.05) is 0 Å². The Kier molecular flexibility index (Phi) is 14.8. The summed E-state index contributed by atoms with van der Waals surface area (Å²) in [6.45, 7) is -2.34. The van der Waals surface area contributed by atoms with Crippen LogP contribution in [-0.2, 0) is 38.4 Å². The zero-order valence-corrected chi connectivity index (χ0v) is 17.9. The van der Waals surface area contributed by atoms with Crippen molar-refractivity contribution >= 4 is 47.1 Å². The minimum atomic E-state index is -1.22. The van der Waals surface area contributed by atoms with Crippen molar-refractivity contribution in [2.75, 3.05) is 39.3 Å². The summed E-state index contributed by atoms with van der Waals surface area (Å²) in [5, 5.41) is 19.5. The van der Waals surface area contributed by atoms with Gasteiger partial charge >= 0.3 is 5.97 Å². The fraction of sp³-hybridized carbons (Fsp3) is 0.556. The normalized spacial score (nSPS) is 9.85. The molecule has 0 aliphatic rings. The lowest BCUT2D eigenvalue weighted by Gasteiger charge is -2.08. The second kappa shape index (κ2) is 16.8. The molecule has 0 saturated carbocycles. The van der Waals surface area contributed by atoms with E-state index in [4.69, 9.17) is 10.8 Å². The van der Waals surface area contributed by atoms with E-state index in [0.29, 0.717) is 0 Å². The number of hydrogen-bond donors (Lipinski definition) is 7. The quantitative estimate of drug-likeness (QED) is 0.107. The predicted octanol–water partition coefficient (Wildman–Crippen LogP) is -4.69. The first-order chi connectivity index (χ1) is 15.5.